The molecule has 2 aliphatic heterocycles. The molecule has 3 unspecified atom stereocenters. The number of sulfonamides is 1. The van der Waals surface area contributed by atoms with Crippen LogP contribution < -0.4 is 16.0 Å². The number of hydrogen-bond donors (Lipinski definition) is 3. The summed E-state index contributed by atoms with van der Waals surface area (Å²) < 4.78 is 75.4. The van der Waals surface area contributed by atoms with Crippen molar-refractivity contribution < 1.29 is 35.9 Å². The normalized spacial score (nSPS) is 25.5. The minimum atomic E-state index is -3.45. The number of hydrogen-bond acceptors (Lipinski definition) is 6. The molecule has 9 nitrogen and oxygen atoms in total. The maximum Gasteiger partial charge on any atom is 0.407 e. The predicted molar refractivity (Wildman–Crippen MR) is 160 cm³/mol. The molecule has 2 aromatic rings. The van der Waals surface area contributed by atoms with E-state index in [-0.39, 0.29) is 35.5 Å². The smallest absolute Gasteiger partial charge is 0.407 e. The number of alkyl carbamates (subject to hydrolysis) is 1. The van der Waals surface area contributed by atoms with Crippen molar-refractivity contribution in [3.63, 3.8) is 0 Å². The Morgan fingerprint density at radius 2 is 1.91 bits per heavy atom. The molecule has 2 amide bonds. The number of nitrogens with zero attached hydrogens (tertiary/aromatic N) is 1. The van der Waals surface area contributed by atoms with E-state index in [9.17, 15) is 26.8 Å². The molecule has 2 saturated heterocycles. The van der Waals surface area contributed by atoms with Gasteiger partial charge in [-0.1, -0.05) is 29.8 Å². The first kappa shape index (κ1) is 32.5. The van der Waals surface area contributed by atoms with E-state index < -0.39 is 64.5 Å². The lowest BCUT2D eigenvalue weighted by atomic mass is 9.67. The fourth-order valence-electron chi connectivity index (χ4n) is 6.58. The molecule has 5 atom stereocenters. The van der Waals surface area contributed by atoms with Gasteiger partial charge in [-0.25, -0.2) is 26.4 Å². The van der Waals surface area contributed by atoms with Gasteiger partial charge >= 0.3 is 6.09 Å². The van der Waals surface area contributed by atoms with Crippen LogP contribution >= 0.6 is 11.6 Å². The second-order valence-electron chi connectivity index (χ2n) is 11.8. The monoisotopic (exact) mass is 656 g/mol. The van der Waals surface area contributed by atoms with Crippen LogP contribution in [0, 0.1) is 11.7 Å². The molecule has 1 aliphatic carbocycles. The number of halogens is 4. The Kier molecular flexibility index (Phi) is 9.78. The van der Waals surface area contributed by atoms with Crippen LogP contribution in [0.4, 0.5) is 23.7 Å². The average molecular weight is 657 g/mol. The molecule has 0 aromatic heterocycles. The van der Waals surface area contributed by atoms with E-state index in [0.717, 1.165) is 13.5 Å². The van der Waals surface area contributed by atoms with Crippen molar-refractivity contribution in [3.05, 3.63) is 64.4 Å². The van der Waals surface area contributed by atoms with Gasteiger partial charge in [0.1, 0.15) is 11.9 Å². The number of nitrogens with one attached hydrogen (secondary N) is 3. The number of carbonyl (C=O) groups is 2. The molecule has 2 aromatic carbocycles. The third-order valence-electron chi connectivity index (χ3n) is 8.85. The summed E-state index contributed by atoms with van der Waals surface area (Å²) in [5.74, 6) is -5.67. The SMILES string of the molecule is COC(=O)N[C@H](C(=O)Nc1cccc(F)c1CCC1CNC2CCCS(=O)(=O)N1C2)[C@@H](c1ccc(Cl)cc1)C1CC(F)(F)C1. The van der Waals surface area contributed by atoms with Crippen LogP contribution in [-0.2, 0) is 26.0 Å². The van der Waals surface area contributed by atoms with Gasteiger partial charge in [0.15, 0.2) is 0 Å². The average Bonchev–Trinajstić information content (AvgIpc) is 3.08. The van der Waals surface area contributed by atoms with Gasteiger partial charge in [0.2, 0.25) is 21.9 Å². The molecule has 0 spiro atoms. The number of piperazine rings is 1. The lowest BCUT2D eigenvalue weighted by Crippen LogP contribution is -2.57. The maximum absolute atomic E-state index is 15.2. The third-order valence-corrected chi connectivity index (χ3v) is 11.1. The van der Waals surface area contributed by atoms with Gasteiger partial charge in [-0.3, -0.25) is 4.79 Å². The Morgan fingerprint density at radius 1 is 1.18 bits per heavy atom. The largest absolute Gasteiger partial charge is 0.453 e. The maximum atomic E-state index is 15.2. The van der Waals surface area contributed by atoms with Gasteiger partial charge in [-0.2, -0.15) is 4.31 Å². The van der Waals surface area contributed by atoms with Crippen LogP contribution in [0.5, 0.6) is 0 Å². The Morgan fingerprint density at radius 3 is 2.59 bits per heavy atom. The Bertz CT molecular complexity index is 1470. The number of fused-ring (bicyclic) bond motifs is 2. The molecule has 0 radical (unpaired) electrons. The fourth-order valence-corrected chi connectivity index (χ4v) is 8.52. The number of benzene rings is 2. The minimum absolute atomic E-state index is 0.0684. The number of anilines is 1. The molecule has 3 aliphatic rings. The van der Waals surface area contributed by atoms with Crippen molar-refractivity contribution in [3.8, 4) is 0 Å². The van der Waals surface area contributed by atoms with E-state index in [1.54, 1.807) is 24.3 Å². The molecule has 1 saturated carbocycles. The van der Waals surface area contributed by atoms with E-state index in [1.807, 2.05) is 0 Å². The van der Waals surface area contributed by atoms with Crippen molar-refractivity contribution in [2.75, 3.05) is 31.3 Å². The van der Waals surface area contributed by atoms with E-state index in [2.05, 4.69) is 16.0 Å². The Hall–Kier alpha value is -2.87. The quantitative estimate of drug-likeness (QED) is 0.361. The van der Waals surface area contributed by atoms with Crippen molar-refractivity contribution in [1.29, 1.82) is 0 Å². The highest BCUT2D eigenvalue weighted by atomic mass is 35.5. The number of methoxy groups -OCH3 is 1. The van der Waals surface area contributed by atoms with Gasteiger partial charge < -0.3 is 20.7 Å². The summed E-state index contributed by atoms with van der Waals surface area (Å²) in [6.07, 6.45) is -0.128. The minimum Gasteiger partial charge on any atom is -0.453 e. The van der Waals surface area contributed by atoms with Crippen LogP contribution in [0.3, 0.4) is 0 Å². The standard InChI is InChI=1S/C30H36ClF3N4O5S/c1-43-29(40)37-27(26(19-14-30(33,34)15-19)18-7-9-20(31)10-8-18)28(39)36-25-6-2-5-24(32)23(25)12-11-22-16-35-21-4-3-13-44(41,42)38(22)17-21/h2,5-10,19,21-22,26-27,35H,3-4,11-17H2,1H3,(H,36,39)(H,37,40)/t21?,22?,26-,27-/m0/s1. The first-order valence-electron chi connectivity index (χ1n) is 14.7. The topological polar surface area (TPSA) is 117 Å². The first-order chi connectivity index (χ1) is 20.9. The van der Waals surface area contributed by atoms with Crippen molar-refractivity contribution >= 4 is 39.3 Å². The number of amides is 2. The summed E-state index contributed by atoms with van der Waals surface area (Å²) in [5, 5.41) is 9.02. The molecule has 5 rings (SSSR count). The molecule has 2 heterocycles. The van der Waals surface area contributed by atoms with Crippen LogP contribution in [0.25, 0.3) is 0 Å². The van der Waals surface area contributed by atoms with Gasteiger partial charge in [-0.05, 0) is 61.4 Å². The van der Waals surface area contributed by atoms with Crippen molar-refractivity contribution in [2.24, 2.45) is 5.92 Å². The molecule has 44 heavy (non-hydrogen) atoms. The molecule has 14 heteroatoms. The van der Waals surface area contributed by atoms with Crippen LogP contribution in [0.15, 0.2) is 42.5 Å². The molecule has 2 bridgehead atoms. The van der Waals surface area contributed by atoms with Crippen molar-refractivity contribution in [2.45, 2.75) is 68.5 Å². The summed E-state index contributed by atoms with van der Waals surface area (Å²) in [7, 11) is -2.32. The van der Waals surface area contributed by atoms with Gasteiger partial charge in [-0.15, -0.1) is 0 Å². The molecular formula is C30H36ClF3N4O5S. The van der Waals surface area contributed by atoms with E-state index in [4.69, 9.17) is 16.3 Å². The zero-order chi connectivity index (χ0) is 31.6. The van der Waals surface area contributed by atoms with E-state index in [0.29, 0.717) is 36.5 Å². The molecule has 240 valence electrons. The molecular weight excluding hydrogens is 621 g/mol. The lowest BCUT2D eigenvalue weighted by Gasteiger charge is -2.43. The van der Waals surface area contributed by atoms with Crippen LogP contribution in [-0.4, -0.2) is 74.7 Å². The fraction of sp³-hybridized carbons (Fsp3) is 0.533. The highest BCUT2D eigenvalue weighted by Crippen LogP contribution is 2.50. The second-order valence-corrected chi connectivity index (χ2v) is 14.3. The Labute approximate surface area is 259 Å². The van der Waals surface area contributed by atoms with Gasteiger partial charge in [0, 0.05) is 60.2 Å². The first-order valence-corrected chi connectivity index (χ1v) is 16.6. The van der Waals surface area contributed by atoms with E-state index >= 15 is 4.39 Å². The summed E-state index contributed by atoms with van der Waals surface area (Å²) in [6.45, 7) is 0.793. The van der Waals surface area contributed by atoms with Crippen LogP contribution in [0.1, 0.15) is 49.1 Å². The zero-order valence-corrected chi connectivity index (χ0v) is 25.8. The summed E-state index contributed by atoms with van der Waals surface area (Å²) in [6, 6.07) is 8.92. The number of ether oxygens (including phenoxy) is 1. The lowest BCUT2D eigenvalue weighted by molar-refractivity contribution is -0.130. The van der Waals surface area contributed by atoms with Crippen LogP contribution in [0.2, 0.25) is 5.02 Å². The summed E-state index contributed by atoms with van der Waals surface area (Å²) in [4.78, 5) is 26.3. The van der Waals surface area contributed by atoms with Gasteiger partial charge in [0.25, 0.3) is 0 Å². The van der Waals surface area contributed by atoms with Crippen molar-refractivity contribution in [1.82, 2.24) is 14.9 Å². The molecule has 3 N–H and O–H groups in total. The summed E-state index contributed by atoms with van der Waals surface area (Å²) in [5.41, 5.74) is 0.832. The number of carbonyl (C=O) groups excluding carboxylic acids is 2. The zero-order valence-electron chi connectivity index (χ0n) is 24.2. The van der Waals surface area contributed by atoms with Gasteiger partial charge in [0.05, 0.1) is 12.9 Å². The van der Waals surface area contributed by atoms with E-state index in [1.165, 1.54) is 22.5 Å². The molecule has 3 fully saturated rings. The third kappa shape index (κ3) is 7.32. The summed E-state index contributed by atoms with van der Waals surface area (Å²) >= 11 is 6.05. The number of alkyl halides is 2. The number of rotatable bonds is 9. The Balaban J connectivity index is 1.40. The highest BCUT2D eigenvalue weighted by Gasteiger charge is 2.52. The highest BCUT2D eigenvalue weighted by molar-refractivity contribution is 7.89. The predicted octanol–water partition coefficient (Wildman–Crippen LogP) is 4.67. The second kappa shape index (κ2) is 13.2.